The third kappa shape index (κ3) is 28.4. The Morgan fingerprint density at radius 3 is 1.56 bits per heavy atom. The van der Waals surface area contributed by atoms with Crippen LogP contribution in [0.3, 0.4) is 0 Å². The molecule has 6 nitrogen and oxygen atoms in total. The zero-order valence-electron chi connectivity index (χ0n) is 16.3. The first kappa shape index (κ1) is 26.5. The summed E-state index contributed by atoms with van der Waals surface area (Å²) < 4.78 is 14.3. The first-order chi connectivity index (χ1) is 12.2. The first-order valence-corrected chi connectivity index (χ1v) is 9.66. The van der Waals surface area contributed by atoms with E-state index in [0.29, 0.717) is 32.8 Å². The summed E-state index contributed by atoms with van der Waals surface area (Å²) in [5.41, 5.74) is 0. The Labute approximate surface area is 153 Å². The molecule has 0 spiro atoms. The fourth-order valence-corrected chi connectivity index (χ4v) is 2.13. The predicted molar refractivity (Wildman–Crippen MR) is 99.7 cm³/mol. The predicted octanol–water partition coefficient (Wildman–Crippen LogP) is 3.08. The van der Waals surface area contributed by atoms with E-state index in [1.165, 1.54) is 58.5 Å². The van der Waals surface area contributed by atoms with E-state index in [9.17, 15) is 4.79 Å². The highest BCUT2D eigenvalue weighted by molar-refractivity contribution is 5.68. The molecule has 0 aromatic carbocycles. The minimum Gasteiger partial charge on any atom is -0.469 e. The molecule has 0 rings (SSSR count). The van der Waals surface area contributed by atoms with Crippen LogP contribution in [0.4, 0.5) is 0 Å². The molecule has 2 N–H and O–H groups in total. The van der Waals surface area contributed by atoms with E-state index in [0.717, 1.165) is 6.42 Å². The summed E-state index contributed by atoms with van der Waals surface area (Å²) in [6.07, 6.45) is 12.2. The summed E-state index contributed by atoms with van der Waals surface area (Å²) in [4.78, 5) is 10.8. The van der Waals surface area contributed by atoms with Crippen molar-refractivity contribution in [2.45, 2.75) is 71.1 Å². The number of carbonyl (C=O) groups excluding carboxylic acids is 1. The van der Waals surface area contributed by atoms with E-state index in [1.807, 2.05) is 0 Å². The molecule has 0 heterocycles. The van der Waals surface area contributed by atoms with Crippen LogP contribution in [0.5, 0.6) is 0 Å². The van der Waals surface area contributed by atoms with Gasteiger partial charge in [0, 0.05) is 6.42 Å². The second-order valence-electron chi connectivity index (χ2n) is 5.83. The van der Waals surface area contributed by atoms with Crippen LogP contribution in [0.2, 0.25) is 0 Å². The van der Waals surface area contributed by atoms with E-state index in [4.69, 9.17) is 19.7 Å². The second-order valence-corrected chi connectivity index (χ2v) is 5.83. The van der Waals surface area contributed by atoms with Gasteiger partial charge < -0.3 is 24.4 Å². The fourth-order valence-electron chi connectivity index (χ4n) is 2.13. The van der Waals surface area contributed by atoms with Crippen LogP contribution >= 0.6 is 0 Å². The summed E-state index contributed by atoms with van der Waals surface area (Å²) in [5.74, 6) is -0.0713. The lowest BCUT2D eigenvalue weighted by molar-refractivity contribution is -0.140. The van der Waals surface area contributed by atoms with Gasteiger partial charge in [0.15, 0.2) is 0 Å². The van der Waals surface area contributed by atoms with Gasteiger partial charge >= 0.3 is 5.97 Å². The largest absolute Gasteiger partial charge is 0.469 e. The van der Waals surface area contributed by atoms with Gasteiger partial charge in [-0.1, -0.05) is 58.3 Å². The van der Waals surface area contributed by atoms with Crippen LogP contribution in [0.15, 0.2) is 0 Å². The van der Waals surface area contributed by atoms with Crippen molar-refractivity contribution < 1.29 is 29.2 Å². The van der Waals surface area contributed by atoms with Crippen molar-refractivity contribution in [3.63, 3.8) is 0 Å². The number of ether oxygens (including phenoxy) is 3. The molecular weight excluding hydrogens is 324 g/mol. The molecule has 152 valence electrons. The maximum atomic E-state index is 10.8. The minimum absolute atomic E-state index is 0.0417. The third-order valence-electron chi connectivity index (χ3n) is 3.56. The molecule has 0 aliphatic heterocycles. The van der Waals surface area contributed by atoms with Crippen molar-refractivity contribution in [2.75, 3.05) is 46.8 Å². The van der Waals surface area contributed by atoms with E-state index >= 15 is 0 Å². The summed E-state index contributed by atoms with van der Waals surface area (Å²) in [7, 11) is 1.45. The van der Waals surface area contributed by atoms with Gasteiger partial charge in [-0.05, 0) is 6.42 Å². The molecule has 0 saturated heterocycles. The number of methoxy groups -OCH3 is 1. The van der Waals surface area contributed by atoms with Crippen molar-refractivity contribution in [2.24, 2.45) is 0 Å². The van der Waals surface area contributed by atoms with Crippen LogP contribution in [0.1, 0.15) is 71.1 Å². The highest BCUT2D eigenvalue weighted by atomic mass is 16.5. The van der Waals surface area contributed by atoms with Crippen LogP contribution in [0, 0.1) is 0 Å². The Bertz CT molecular complexity index is 240. The fraction of sp³-hybridized carbons (Fsp3) is 0.947. The summed E-state index contributed by atoms with van der Waals surface area (Å²) in [5, 5.41) is 16.5. The summed E-state index contributed by atoms with van der Waals surface area (Å²) in [6, 6.07) is 0. The second kappa shape index (κ2) is 25.5. The van der Waals surface area contributed by atoms with Crippen molar-refractivity contribution in [1.82, 2.24) is 0 Å². The standard InChI is InChI=1S/C13H26O2.C6H14O4/c1-3-4-5-6-7-8-9-10-11-12-13(14)15-2;7-1-3-9-5-6-10-4-2-8/h3-12H2,1-2H3;7-8H,1-6H2. The zero-order valence-corrected chi connectivity index (χ0v) is 16.3. The molecule has 6 heteroatoms. The number of carbonyl (C=O) groups is 1. The van der Waals surface area contributed by atoms with E-state index in [2.05, 4.69) is 11.7 Å². The molecule has 0 atom stereocenters. The van der Waals surface area contributed by atoms with Gasteiger partial charge in [0.05, 0.1) is 46.8 Å². The molecule has 0 fully saturated rings. The van der Waals surface area contributed by atoms with Gasteiger partial charge in [0.1, 0.15) is 0 Å². The number of unbranched alkanes of at least 4 members (excludes halogenated alkanes) is 8. The Morgan fingerprint density at radius 2 is 1.16 bits per heavy atom. The maximum absolute atomic E-state index is 10.8. The van der Waals surface area contributed by atoms with Gasteiger partial charge in [0.25, 0.3) is 0 Å². The van der Waals surface area contributed by atoms with Crippen molar-refractivity contribution in [3.05, 3.63) is 0 Å². The van der Waals surface area contributed by atoms with Crippen LogP contribution in [-0.2, 0) is 19.0 Å². The lowest BCUT2D eigenvalue weighted by Gasteiger charge is -2.01. The maximum Gasteiger partial charge on any atom is 0.305 e. The molecule has 0 radical (unpaired) electrons. The smallest absolute Gasteiger partial charge is 0.305 e. The van der Waals surface area contributed by atoms with Gasteiger partial charge in [-0.25, -0.2) is 0 Å². The molecule has 0 aliphatic carbocycles. The van der Waals surface area contributed by atoms with Crippen LogP contribution in [-0.4, -0.2) is 62.9 Å². The highest BCUT2D eigenvalue weighted by Crippen LogP contribution is 2.10. The average Bonchev–Trinajstić information content (AvgIpc) is 2.63. The Kier molecular flexibility index (Phi) is 27.1. The number of aliphatic hydroxyl groups excluding tert-OH is 2. The quantitative estimate of drug-likeness (QED) is 0.305. The Balaban J connectivity index is 0. The first-order valence-electron chi connectivity index (χ1n) is 9.66. The number of esters is 1. The number of hydrogen-bond donors (Lipinski definition) is 2. The molecule has 0 saturated carbocycles. The molecule has 25 heavy (non-hydrogen) atoms. The van der Waals surface area contributed by atoms with E-state index < -0.39 is 0 Å². The number of hydrogen-bond acceptors (Lipinski definition) is 6. The highest BCUT2D eigenvalue weighted by Gasteiger charge is 1.98. The number of aliphatic hydroxyl groups is 2. The summed E-state index contributed by atoms with van der Waals surface area (Å²) >= 11 is 0. The Hall–Kier alpha value is -0.690. The molecule has 0 unspecified atom stereocenters. The minimum atomic E-state index is -0.0713. The zero-order chi connectivity index (χ0) is 19.0. The Morgan fingerprint density at radius 1 is 0.720 bits per heavy atom. The molecule has 0 aromatic heterocycles. The molecule has 0 aliphatic rings. The lowest BCUT2D eigenvalue weighted by atomic mass is 10.1. The monoisotopic (exact) mass is 364 g/mol. The summed E-state index contributed by atoms with van der Waals surface area (Å²) in [6.45, 7) is 3.97. The van der Waals surface area contributed by atoms with Crippen molar-refractivity contribution in [3.8, 4) is 0 Å². The van der Waals surface area contributed by atoms with Crippen LogP contribution < -0.4 is 0 Å². The molecule has 0 amide bonds. The molecule has 0 aromatic rings. The topological polar surface area (TPSA) is 85.2 Å². The van der Waals surface area contributed by atoms with Crippen molar-refractivity contribution in [1.29, 1.82) is 0 Å². The van der Waals surface area contributed by atoms with Crippen LogP contribution in [0.25, 0.3) is 0 Å². The van der Waals surface area contributed by atoms with E-state index in [1.54, 1.807) is 0 Å². The van der Waals surface area contributed by atoms with E-state index in [-0.39, 0.29) is 19.2 Å². The van der Waals surface area contributed by atoms with Gasteiger partial charge in [-0.2, -0.15) is 0 Å². The SMILES string of the molecule is CCCCCCCCCCCC(=O)OC.OCCOCCOCCO. The lowest BCUT2D eigenvalue weighted by Crippen LogP contribution is -2.09. The van der Waals surface area contributed by atoms with Gasteiger partial charge in [-0.3, -0.25) is 4.79 Å². The number of rotatable bonds is 17. The third-order valence-corrected chi connectivity index (χ3v) is 3.56. The van der Waals surface area contributed by atoms with Gasteiger partial charge in [0.2, 0.25) is 0 Å². The molecule has 0 bridgehead atoms. The van der Waals surface area contributed by atoms with Gasteiger partial charge in [-0.15, -0.1) is 0 Å². The normalized spacial score (nSPS) is 10.2. The van der Waals surface area contributed by atoms with Crippen molar-refractivity contribution >= 4 is 5.97 Å². The molecular formula is C19H40O6. The average molecular weight is 365 g/mol.